The van der Waals surface area contributed by atoms with E-state index in [-0.39, 0.29) is 18.8 Å². The summed E-state index contributed by atoms with van der Waals surface area (Å²) >= 11 is 3.26. The summed E-state index contributed by atoms with van der Waals surface area (Å²) < 4.78 is 20.9. The van der Waals surface area contributed by atoms with Crippen molar-refractivity contribution in [1.29, 1.82) is 0 Å². The van der Waals surface area contributed by atoms with E-state index in [4.69, 9.17) is 9.84 Å². The number of carboxylic acid groups (broad SMARTS) is 1. The average molecular weight is 468 g/mol. The highest BCUT2D eigenvalue weighted by molar-refractivity contribution is 9.10. The second-order valence-electron chi connectivity index (χ2n) is 7.03. The van der Waals surface area contributed by atoms with Crippen LogP contribution in [0.2, 0.25) is 0 Å². The molecule has 1 heterocycles. The molecular formula is C24H19BrFNO3. The zero-order valence-corrected chi connectivity index (χ0v) is 17.6. The summed E-state index contributed by atoms with van der Waals surface area (Å²) in [6.45, 7) is 0.0903. The molecule has 4 rings (SSSR count). The van der Waals surface area contributed by atoms with E-state index in [1.54, 1.807) is 12.1 Å². The molecule has 0 radical (unpaired) electrons. The number of rotatable bonds is 7. The Morgan fingerprint density at radius 2 is 1.93 bits per heavy atom. The van der Waals surface area contributed by atoms with E-state index in [9.17, 15) is 9.18 Å². The third kappa shape index (κ3) is 4.54. The molecule has 0 saturated carbocycles. The van der Waals surface area contributed by atoms with E-state index in [1.807, 2.05) is 42.6 Å². The Hall–Kier alpha value is -3.12. The Balaban J connectivity index is 1.68. The maximum atomic E-state index is 14.2. The van der Waals surface area contributed by atoms with Gasteiger partial charge in [-0.2, -0.15) is 0 Å². The van der Waals surface area contributed by atoms with Gasteiger partial charge in [-0.3, -0.25) is 4.79 Å². The first-order valence-corrected chi connectivity index (χ1v) is 10.3. The number of carboxylic acids is 1. The molecule has 0 saturated heterocycles. The first-order valence-electron chi connectivity index (χ1n) is 9.48. The number of aromatic amines is 1. The molecule has 0 aliphatic heterocycles. The van der Waals surface area contributed by atoms with Crippen molar-refractivity contribution >= 4 is 32.8 Å². The highest BCUT2D eigenvalue weighted by Crippen LogP contribution is 2.34. The summed E-state index contributed by atoms with van der Waals surface area (Å²) in [5.74, 6) is -0.555. The standard InChI is InChI=1S/C24H19BrFNO3/c25-19-5-3-18(21(26)13-19)14-30-23-7-1-15(2-8-24(28)29)11-20(23)16-4-6-22-17(12-16)9-10-27-22/h1,3-7,9-13,27H,2,8,14H2,(H,28,29). The monoisotopic (exact) mass is 467 g/mol. The minimum absolute atomic E-state index is 0.0561. The largest absolute Gasteiger partial charge is 0.488 e. The van der Waals surface area contributed by atoms with Crippen LogP contribution in [-0.4, -0.2) is 16.1 Å². The third-order valence-corrected chi connectivity index (χ3v) is 5.43. The Kier molecular flexibility index (Phi) is 5.86. The fourth-order valence-corrected chi connectivity index (χ4v) is 3.68. The molecule has 0 aliphatic carbocycles. The molecule has 152 valence electrons. The maximum absolute atomic E-state index is 14.2. The lowest BCUT2D eigenvalue weighted by Gasteiger charge is -2.14. The van der Waals surface area contributed by atoms with Gasteiger partial charge in [0.05, 0.1) is 0 Å². The van der Waals surface area contributed by atoms with E-state index in [0.717, 1.165) is 27.6 Å². The number of H-pyrrole nitrogens is 1. The first kappa shape index (κ1) is 20.2. The summed E-state index contributed by atoms with van der Waals surface area (Å²) in [6.07, 6.45) is 2.36. The van der Waals surface area contributed by atoms with Crippen LogP contribution in [0.1, 0.15) is 17.5 Å². The number of aryl methyl sites for hydroxylation is 1. The third-order valence-electron chi connectivity index (χ3n) is 4.93. The van der Waals surface area contributed by atoms with Gasteiger partial charge in [-0.15, -0.1) is 0 Å². The van der Waals surface area contributed by atoms with Gasteiger partial charge in [0.25, 0.3) is 0 Å². The normalized spacial score (nSPS) is 11.0. The molecule has 0 unspecified atom stereocenters. The molecule has 0 aliphatic rings. The van der Waals surface area contributed by atoms with Crippen LogP contribution < -0.4 is 4.74 Å². The molecular weight excluding hydrogens is 449 g/mol. The number of ether oxygens (including phenoxy) is 1. The van der Waals surface area contributed by atoms with Crippen molar-refractivity contribution in [3.63, 3.8) is 0 Å². The van der Waals surface area contributed by atoms with E-state index < -0.39 is 5.97 Å². The quantitative estimate of drug-likeness (QED) is 0.333. The van der Waals surface area contributed by atoms with Crippen LogP contribution in [0.3, 0.4) is 0 Å². The molecule has 4 nitrogen and oxygen atoms in total. The molecule has 6 heteroatoms. The van der Waals surface area contributed by atoms with Gasteiger partial charge in [0.1, 0.15) is 18.2 Å². The number of halogens is 2. The van der Waals surface area contributed by atoms with E-state index in [0.29, 0.717) is 22.2 Å². The summed E-state index contributed by atoms with van der Waals surface area (Å²) in [4.78, 5) is 14.1. The van der Waals surface area contributed by atoms with E-state index >= 15 is 0 Å². The number of carbonyl (C=O) groups is 1. The fourth-order valence-electron chi connectivity index (χ4n) is 3.35. The Morgan fingerprint density at radius 3 is 2.73 bits per heavy atom. The minimum Gasteiger partial charge on any atom is -0.488 e. The van der Waals surface area contributed by atoms with E-state index in [2.05, 4.69) is 27.0 Å². The van der Waals surface area contributed by atoms with Crippen LogP contribution >= 0.6 is 15.9 Å². The minimum atomic E-state index is -0.837. The summed E-state index contributed by atoms with van der Waals surface area (Å²) in [6, 6.07) is 18.5. The topological polar surface area (TPSA) is 62.3 Å². The number of benzene rings is 3. The van der Waals surface area contributed by atoms with Gasteiger partial charge >= 0.3 is 5.97 Å². The van der Waals surface area contributed by atoms with Crippen molar-refractivity contribution in [1.82, 2.24) is 4.98 Å². The lowest BCUT2D eigenvalue weighted by molar-refractivity contribution is -0.136. The van der Waals surface area contributed by atoms with Crippen LogP contribution in [0, 0.1) is 5.82 Å². The molecule has 3 aromatic carbocycles. The van der Waals surface area contributed by atoms with Crippen LogP contribution in [0.5, 0.6) is 5.75 Å². The highest BCUT2D eigenvalue weighted by Gasteiger charge is 2.12. The fraction of sp³-hybridized carbons (Fsp3) is 0.125. The molecule has 4 aromatic rings. The van der Waals surface area contributed by atoms with Crippen LogP contribution in [0.25, 0.3) is 22.0 Å². The van der Waals surface area contributed by atoms with Gasteiger partial charge < -0.3 is 14.8 Å². The number of aliphatic carboxylic acids is 1. The smallest absolute Gasteiger partial charge is 0.303 e. The molecule has 1 aromatic heterocycles. The molecule has 0 amide bonds. The van der Waals surface area contributed by atoms with Crippen LogP contribution in [0.4, 0.5) is 4.39 Å². The number of hydrogen-bond donors (Lipinski definition) is 2. The molecule has 0 atom stereocenters. The number of hydrogen-bond acceptors (Lipinski definition) is 2. The Labute approximate surface area is 181 Å². The summed E-state index contributed by atoms with van der Waals surface area (Å²) in [5.41, 5.74) is 4.19. The van der Waals surface area contributed by atoms with Gasteiger partial charge in [-0.05, 0) is 65.4 Å². The zero-order valence-electron chi connectivity index (χ0n) is 16.0. The van der Waals surface area contributed by atoms with Crippen molar-refractivity contribution in [2.24, 2.45) is 0 Å². The van der Waals surface area contributed by atoms with Gasteiger partial charge in [-0.25, -0.2) is 4.39 Å². The Morgan fingerprint density at radius 1 is 1.07 bits per heavy atom. The molecule has 30 heavy (non-hydrogen) atoms. The number of aromatic nitrogens is 1. The maximum Gasteiger partial charge on any atom is 0.303 e. The van der Waals surface area contributed by atoms with Crippen molar-refractivity contribution < 1.29 is 19.0 Å². The lowest BCUT2D eigenvalue weighted by Crippen LogP contribution is -2.01. The van der Waals surface area contributed by atoms with E-state index in [1.165, 1.54) is 6.07 Å². The second kappa shape index (κ2) is 8.71. The predicted octanol–water partition coefficient (Wildman–Crippen LogP) is 6.33. The average Bonchev–Trinajstić information content (AvgIpc) is 3.20. The predicted molar refractivity (Wildman–Crippen MR) is 118 cm³/mol. The van der Waals surface area contributed by atoms with Crippen LogP contribution in [-0.2, 0) is 17.8 Å². The van der Waals surface area contributed by atoms with Crippen molar-refractivity contribution in [2.45, 2.75) is 19.4 Å². The number of nitrogens with one attached hydrogen (secondary N) is 1. The summed E-state index contributed by atoms with van der Waals surface area (Å²) in [7, 11) is 0. The lowest BCUT2D eigenvalue weighted by atomic mass is 9.99. The second-order valence-corrected chi connectivity index (χ2v) is 7.94. The highest BCUT2D eigenvalue weighted by atomic mass is 79.9. The van der Waals surface area contributed by atoms with Crippen LogP contribution in [0.15, 0.2) is 71.3 Å². The van der Waals surface area contributed by atoms with Gasteiger partial charge in [-0.1, -0.05) is 34.1 Å². The molecule has 0 bridgehead atoms. The summed E-state index contributed by atoms with van der Waals surface area (Å²) in [5, 5.41) is 10.1. The molecule has 2 N–H and O–H groups in total. The molecule has 0 fully saturated rings. The number of fused-ring (bicyclic) bond motifs is 1. The van der Waals surface area contributed by atoms with Crippen molar-refractivity contribution in [3.8, 4) is 16.9 Å². The Bertz CT molecular complexity index is 1220. The zero-order chi connectivity index (χ0) is 21.1. The van der Waals surface area contributed by atoms with Gasteiger partial charge in [0.15, 0.2) is 0 Å². The van der Waals surface area contributed by atoms with Gasteiger partial charge in [0, 0.05) is 33.7 Å². The van der Waals surface area contributed by atoms with Gasteiger partial charge in [0.2, 0.25) is 0 Å². The first-order chi connectivity index (χ1) is 14.5. The van der Waals surface area contributed by atoms with Crippen molar-refractivity contribution in [3.05, 3.63) is 88.3 Å². The van der Waals surface area contributed by atoms with Crippen molar-refractivity contribution in [2.75, 3.05) is 0 Å². The molecule has 0 spiro atoms. The SMILES string of the molecule is O=C(O)CCc1ccc(OCc2ccc(Br)cc2F)c(-c2ccc3[nH]ccc3c2)c1.